The van der Waals surface area contributed by atoms with Gasteiger partial charge in [0.15, 0.2) is 0 Å². The zero-order valence-corrected chi connectivity index (χ0v) is 8.39. The van der Waals surface area contributed by atoms with Gasteiger partial charge in [-0.15, -0.1) is 6.58 Å². The zero-order chi connectivity index (χ0) is 9.07. The van der Waals surface area contributed by atoms with Gasteiger partial charge in [0.05, 0.1) is 0 Å². The van der Waals surface area contributed by atoms with E-state index in [1.165, 1.54) is 44.9 Å². The molecule has 0 fully saturated rings. The number of hydrogen-bond donors (Lipinski definition) is 0. The number of rotatable bonds is 3. The van der Waals surface area contributed by atoms with Crippen molar-refractivity contribution in [2.24, 2.45) is 0 Å². The summed E-state index contributed by atoms with van der Waals surface area (Å²) in [5.41, 5.74) is 0. The third-order valence-electron chi connectivity index (χ3n) is 1.92. The number of unbranched alkanes of at least 4 members (excludes halogenated alkanes) is 2. The summed E-state index contributed by atoms with van der Waals surface area (Å²) in [6.45, 7) is 5.78. The van der Waals surface area contributed by atoms with Gasteiger partial charge in [-0.05, 0) is 32.1 Å². The van der Waals surface area contributed by atoms with Gasteiger partial charge in [0.25, 0.3) is 0 Å². The van der Waals surface area contributed by atoms with Crippen molar-refractivity contribution in [3.63, 3.8) is 0 Å². The Morgan fingerprint density at radius 3 is 2.00 bits per heavy atom. The fourth-order valence-electron chi connectivity index (χ4n) is 1.11. The molecule has 0 aromatic heterocycles. The Kier molecular flexibility index (Phi) is 10.0. The molecule has 0 bridgehead atoms. The Bertz CT molecular complexity index is 103. The molecule has 0 spiro atoms. The van der Waals surface area contributed by atoms with E-state index in [0.717, 1.165) is 0 Å². The predicted molar refractivity (Wildman–Crippen MR) is 57.3 cm³/mol. The maximum atomic E-state index is 3.60. The third kappa shape index (κ3) is 9.48. The average molecular weight is 166 g/mol. The summed E-state index contributed by atoms with van der Waals surface area (Å²) >= 11 is 0. The van der Waals surface area contributed by atoms with Gasteiger partial charge in [0.2, 0.25) is 0 Å². The zero-order valence-electron chi connectivity index (χ0n) is 8.39. The van der Waals surface area contributed by atoms with Crippen LogP contribution in [0.4, 0.5) is 0 Å². The molecule has 0 saturated heterocycles. The van der Waals surface area contributed by atoms with Gasteiger partial charge in [-0.2, -0.15) is 0 Å². The molecule has 0 heterocycles. The Hall–Kier alpha value is -0.520. The lowest BCUT2D eigenvalue weighted by Gasteiger charge is -1.97. The van der Waals surface area contributed by atoms with Crippen molar-refractivity contribution >= 4 is 0 Å². The van der Waals surface area contributed by atoms with E-state index in [1.807, 2.05) is 6.08 Å². The highest BCUT2D eigenvalue weighted by atomic mass is 13.9. The minimum atomic E-state index is 1.18. The van der Waals surface area contributed by atoms with Crippen LogP contribution in [0.3, 0.4) is 0 Å². The number of hydrogen-bond acceptors (Lipinski definition) is 0. The van der Waals surface area contributed by atoms with Gasteiger partial charge in [0, 0.05) is 0 Å². The van der Waals surface area contributed by atoms with Crippen LogP contribution in [0.1, 0.15) is 51.9 Å². The van der Waals surface area contributed by atoms with Crippen LogP contribution in [-0.4, -0.2) is 0 Å². The van der Waals surface area contributed by atoms with Crippen molar-refractivity contribution in [1.82, 2.24) is 0 Å². The largest absolute Gasteiger partial charge is 0.103 e. The Morgan fingerprint density at radius 2 is 1.83 bits per heavy atom. The lowest BCUT2D eigenvalue weighted by Crippen LogP contribution is -1.77. The van der Waals surface area contributed by atoms with E-state index in [4.69, 9.17) is 0 Å². The normalized spacial score (nSPS) is 14.8. The molecule has 0 aromatic rings. The van der Waals surface area contributed by atoms with E-state index in [9.17, 15) is 0 Å². The van der Waals surface area contributed by atoms with Crippen LogP contribution >= 0.6 is 0 Å². The summed E-state index contributed by atoms with van der Waals surface area (Å²) in [5, 5.41) is 0. The minimum absolute atomic E-state index is 1.18. The maximum absolute atomic E-state index is 3.60. The van der Waals surface area contributed by atoms with E-state index >= 15 is 0 Å². The highest BCUT2D eigenvalue weighted by Crippen LogP contribution is 2.07. The second-order valence-electron chi connectivity index (χ2n) is 3.19. The molecule has 0 amide bonds. The van der Waals surface area contributed by atoms with Crippen molar-refractivity contribution in [2.75, 3.05) is 0 Å². The molecule has 1 aliphatic rings. The molecule has 0 unspecified atom stereocenters. The summed E-state index contributed by atoms with van der Waals surface area (Å²) in [5.74, 6) is 0. The lowest BCUT2D eigenvalue weighted by molar-refractivity contribution is 0.730. The van der Waals surface area contributed by atoms with Crippen molar-refractivity contribution in [3.8, 4) is 0 Å². The second-order valence-corrected chi connectivity index (χ2v) is 3.19. The van der Waals surface area contributed by atoms with Crippen LogP contribution in [0, 0.1) is 0 Å². The smallest absolute Gasteiger partial charge is 0.0351 e. The summed E-state index contributed by atoms with van der Waals surface area (Å²) in [7, 11) is 0. The summed E-state index contributed by atoms with van der Waals surface area (Å²) in [6, 6.07) is 0. The van der Waals surface area contributed by atoms with E-state index in [1.54, 1.807) is 0 Å². The molecule has 1 aliphatic carbocycles. The van der Waals surface area contributed by atoms with E-state index in [2.05, 4.69) is 25.7 Å². The van der Waals surface area contributed by atoms with Crippen LogP contribution < -0.4 is 0 Å². The molecular formula is C12H22. The molecule has 0 N–H and O–H groups in total. The van der Waals surface area contributed by atoms with Crippen molar-refractivity contribution in [3.05, 3.63) is 24.8 Å². The van der Waals surface area contributed by atoms with Crippen molar-refractivity contribution < 1.29 is 0 Å². The lowest BCUT2D eigenvalue weighted by atomic mass is 10.1. The highest BCUT2D eigenvalue weighted by Gasteiger charge is 1.87. The predicted octanol–water partition coefficient (Wildman–Crippen LogP) is 4.48. The van der Waals surface area contributed by atoms with E-state index in [-0.39, 0.29) is 0 Å². The van der Waals surface area contributed by atoms with Gasteiger partial charge < -0.3 is 0 Å². The van der Waals surface area contributed by atoms with Gasteiger partial charge in [-0.1, -0.05) is 38.0 Å². The van der Waals surface area contributed by atoms with Crippen LogP contribution in [0.15, 0.2) is 24.8 Å². The standard InChI is InChI=1S/C6H10.C6H12/c1-2-4-6-5-3-1;1-3-5-6-4-2/h1-2H,3-6H2;3H,1,4-6H2,2H3. The Morgan fingerprint density at radius 1 is 1.25 bits per heavy atom. The first kappa shape index (κ1) is 11.5. The second kappa shape index (κ2) is 10.5. The monoisotopic (exact) mass is 166 g/mol. The summed E-state index contributed by atoms with van der Waals surface area (Å²) < 4.78 is 0. The highest BCUT2D eigenvalue weighted by molar-refractivity contribution is 4.85. The third-order valence-corrected chi connectivity index (χ3v) is 1.92. The Balaban J connectivity index is 0.000000202. The van der Waals surface area contributed by atoms with Crippen LogP contribution in [0.25, 0.3) is 0 Å². The molecule has 0 saturated carbocycles. The van der Waals surface area contributed by atoms with Crippen LogP contribution in [0.2, 0.25) is 0 Å². The molecule has 0 atom stereocenters. The van der Waals surface area contributed by atoms with Crippen molar-refractivity contribution in [1.29, 1.82) is 0 Å². The minimum Gasteiger partial charge on any atom is -0.103 e. The van der Waals surface area contributed by atoms with Gasteiger partial charge in [-0.3, -0.25) is 0 Å². The number of allylic oxidation sites excluding steroid dienone is 3. The molecule has 70 valence electrons. The van der Waals surface area contributed by atoms with Gasteiger partial charge in [-0.25, -0.2) is 0 Å². The Labute approximate surface area is 77.4 Å². The molecule has 0 aromatic carbocycles. The first-order chi connectivity index (χ1) is 5.91. The molecule has 0 heteroatoms. The average Bonchev–Trinajstić information content (AvgIpc) is 2.18. The fourth-order valence-corrected chi connectivity index (χ4v) is 1.11. The fraction of sp³-hybridized carbons (Fsp3) is 0.667. The summed E-state index contributed by atoms with van der Waals surface area (Å²) in [4.78, 5) is 0. The topological polar surface area (TPSA) is 0 Å². The van der Waals surface area contributed by atoms with Gasteiger partial charge in [0.1, 0.15) is 0 Å². The van der Waals surface area contributed by atoms with Gasteiger partial charge >= 0.3 is 0 Å². The maximum Gasteiger partial charge on any atom is -0.0351 e. The van der Waals surface area contributed by atoms with E-state index < -0.39 is 0 Å². The molecule has 0 aliphatic heterocycles. The SMILES string of the molecule is C1=CCCCC1.C=CCCCC. The molecular weight excluding hydrogens is 144 g/mol. The van der Waals surface area contributed by atoms with E-state index in [0.29, 0.717) is 0 Å². The summed E-state index contributed by atoms with van der Waals surface area (Å²) in [6.07, 6.45) is 15.7. The first-order valence-electron chi connectivity index (χ1n) is 5.17. The first-order valence-corrected chi connectivity index (χ1v) is 5.17. The quantitative estimate of drug-likeness (QED) is 0.428. The molecule has 12 heavy (non-hydrogen) atoms. The van der Waals surface area contributed by atoms with Crippen LogP contribution in [-0.2, 0) is 0 Å². The van der Waals surface area contributed by atoms with Crippen LogP contribution in [0.5, 0.6) is 0 Å². The molecule has 0 nitrogen and oxygen atoms in total. The molecule has 1 rings (SSSR count). The molecule has 0 radical (unpaired) electrons. The van der Waals surface area contributed by atoms with Crippen molar-refractivity contribution in [2.45, 2.75) is 51.9 Å².